The molecule has 0 aliphatic heterocycles. The Balaban J connectivity index is 1.83. The highest BCUT2D eigenvalue weighted by Crippen LogP contribution is 2.30. The van der Waals surface area contributed by atoms with E-state index in [0.717, 1.165) is 5.56 Å². The first-order valence-electron chi connectivity index (χ1n) is 10.3. The fourth-order valence-electron chi connectivity index (χ4n) is 3.26. The molecule has 0 fully saturated rings. The zero-order valence-electron chi connectivity index (χ0n) is 19.0. The summed E-state index contributed by atoms with van der Waals surface area (Å²) in [6, 6.07) is 11.7. The van der Waals surface area contributed by atoms with Crippen LogP contribution in [-0.2, 0) is 11.8 Å². The quantitative estimate of drug-likeness (QED) is 0.506. The van der Waals surface area contributed by atoms with Gasteiger partial charge in [-0.1, -0.05) is 0 Å². The average Bonchev–Trinajstić information content (AvgIpc) is 3.26. The van der Waals surface area contributed by atoms with Gasteiger partial charge in [0.05, 0.1) is 32.5 Å². The number of amides is 1. The largest absolute Gasteiger partial charge is 0.497 e. The first kappa shape index (κ1) is 23.5. The Bertz CT molecular complexity index is 1130. The highest BCUT2D eigenvalue weighted by atomic mass is 16.5. The predicted octanol–water partition coefficient (Wildman–Crippen LogP) is 2.99. The van der Waals surface area contributed by atoms with Gasteiger partial charge in [-0.05, 0) is 36.8 Å². The molecule has 1 N–H and O–H groups in total. The number of methoxy groups -OCH3 is 2. The number of benzene rings is 2. The summed E-state index contributed by atoms with van der Waals surface area (Å²) < 4.78 is 23.8. The van der Waals surface area contributed by atoms with Crippen LogP contribution in [0.25, 0.3) is 0 Å². The molecule has 33 heavy (non-hydrogen) atoms. The monoisotopic (exact) mass is 450 g/mol. The summed E-state index contributed by atoms with van der Waals surface area (Å²) in [5.41, 5.74) is 1.18. The first-order chi connectivity index (χ1) is 16.0. The van der Waals surface area contributed by atoms with Crippen molar-refractivity contribution in [2.24, 2.45) is 7.05 Å². The SMILES string of the molecule is CCOc1cc(C#N)ccc1OCC(=O)N[C@@H](c1cc(OC)cc(OC)c1)c1nccn1C. The van der Waals surface area contributed by atoms with Crippen molar-refractivity contribution in [2.75, 3.05) is 27.4 Å². The summed E-state index contributed by atoms with van der Waals surface area (Å²) in [6.07, 6.45) is 3.46. The molecule has 0 aliphatic rings. The molecule has 1 atom stereocenters. The number of ether oxygens (including phenoxy) is 4. The van der Waals surface area contributed by atoms with Gasteiger partial charge in [-0.25, -0.2) is 4.98 Å². The normalized spacial score (nSPS) is 11.2. The van der Waals surface area contributed by atoms with Gasteiger partial charge in [-0.15, -0.1) is 0 Å². The molecule has 0 radical (unpaired) electrons. The maximum atomic E-state index is 12.9. The summed E-state index contributed by atoms with van der Waals surface area (Å²) in [7, 11) is 4.98. The van der Waals surface area contributed by atoms with Crippen molar-refractivity contribution >= 4 is 5.91 Å². The van der Waals surface area contributed by atoms with Crippen molar-refractivity contribution in [3.8, 4) is 29.1 Å². The van der Waals surface area contributed by atoms with Crippen LogP contribution in [0.2, 0.25) is 0 Å². The van der Waals surface area contributed by atoms with Crippen molar-refractivity contribution in [1.82, 2.24) is 14.9 Å². The molecule has 0 aliphatic carbocycles. The van der Waals surface area contributed by atoms with Crippen molar-refractivity contribution in [3.05, 3.63) is 65.7 Å². The van der Waals surface area contributed by atoms with Crippen LogP contribution in [-0.4, -0.2) is 42.9 Å². The minimum absolute atomic E-state index is 0.256. The number of aromatic nitrogens is 2. The third-order valence-corrected chi connectivity index (χ3v) is 4.86. The average molecular weight is 450 g/mol. The number of hydrogen-bond donors (Lipinski definition) is 1. The van der Waals surface area contributed by atoms with Gasteiger partial charge < -0.3 is 28.8 Å². The minimum atomic E-state index is -0.572. The Kier molecular flexibility index (Phi) is 7.76. The van der Waals surface area contributed by atoms with Crippen molar-refractivity contribution in [3.63, 3.8) is 0 Å². The second-order valence-electron chi connectivity index (χ2n) is 7.04. The molecule has 9 heteroatoms. The van der Waals surface area contributed by atoms with Gasteiger partial charge in [0.15, 0.2) is 18.1 Å². The Hall–Kier alpha value is -4.19. The van der Waals surface area contributed by atoms with Crippen LogP contribution in [0.4, 0.5) is 0 Å². The second-order valence-corrected chi connectivity index (χ2v) is 7.04. The third kappa shape index (κ3) is 5.74. The van der Waals surface area contributed by atoms with Crippen molar-refractivity contribution in [2.45, 2.75) is 13.0 Å². The van der Waals surface area contributed by atoms with Crippen LogP contribution in [0.5, 0.6) is 23.0 Å². The number of imidazole rings is 1. The molecular weight excluding hydrogens is 424 g/mol. The Morgan fingerprint density at radius 2 is 1.85 bits per heavy atom. The van der Waals surface area contributed by atoms with Crippen molar-refractivity contribution < 1.29 is 23.7 Å². The van der Waals surface area contributed by atoms with Gasteiger partial charge >= 0.3 is 0 Å². The van der Waals surface area contributed by atoms with E-state index in [9.17, 15) is 4.79 Å². The summed E-state index contributed by atoms with van der Waals surface area (Å²) in [6.45, 7) is 1.97. The topological polar surface area (TPSA) is 108 Å². The molecule has 1 aromatic heterocycles. The number of nitriles is 1. The van der Waals surface area contributed by atoms with Crippen LogP contribution < -0.4 is 24.3 Å². The Morgan fingerprint density at radius 3 is 2.42 bits per heavy atom. The predicted molar refractivity (Wildman–Crippen MR) is 121 cm³/mol. The zero-order valence-corrected chi connectivity index (χ0v) is 19.0. The number of rotatable bonds is 10. The molecule has 9 nitrogen and oxygen atoms in total. The molecule has 172 valence electrons. The molecule has 2 aromatic carbocycles. The lowest BCUT2D eigenvalue weighted by Crippen LogP contribution is -2.34. The van der Waals surface area contributed by atoms with E-state index in [1.54, 1.807) is 50.9 Å². The molecular formula is C24H26N4O5. The van der Waals surface area contributed by atoms with E-state index in [-0.39, 0.29) is 12.5 Å². The molecule has 0 spiro atoms. The molecule has 1 amide bonds. The Morgan fingerprint density at radius 1 is 1.12 bits per heavy atom. The maximum absolute atomic E-state index is 12.9. The van der Waals surface area contributed by atoms with Gasteiger partial charge in [-0.2, -0.15) is 5.26 Å². The van der Waals surface area contributed by atoms with Gasteiger partial charge in [0.2, 0.25) is 0 Å². The smallest absolute Gasteiger partial charge is 0.258 e. The van der Waals surface area contributed by atoms with Crippen LogP contribution >= 0.6 is 0 Å². The summed E-state index contributed by atoms with van der Waals surface area (Å²) in [5, 5.41) is 12.1. The fourth-order valence-corrected chi connectivity index (χ4v) is 3.26. The molecule has 0 unspecified atom stereocenters. The number of carbonyl (C=O) groups is 1. The van der Waals surface area contributed by atoms with E-state index in [4.69, 9.17) is 24.2 Å². The highest BCUT2D eigenvalue weighted by molar-refractivity contribution is 5.78. The summed E-state index contributed by atoms with van der Waals surface area (Å²) in [5.74, 6) is 2.23. The highest BCUT2D eigenvalue weighted by Gasteiger charge is 2.23. The molecule has 0 saturated heterocycles. The third-order valence-electron chi connectivity index (χ3n) is 4.86. The van der Waals surface area contributed by atoms with Crippen molar-refractivity contribution in [1.29, 1.82) is 5.26 Å². The molecule has 3 rings (SSSR count). The number of nitrogens with zero attached hydrogens (tertiary/aromatic N) is 3. The van der Waals surface area contributed by atoms with Gasteiger partial charge in [0, 0.05) is 31.6 Å². The van der Waals surface area contributed by atoms with Crippen LogP contribution in [0.15, 0.2) is 48.8 Å². The minimum Gasteiger partial charge on any atom is -0.497 e. The van der Waals surface area contributed by atoms with E-state index in [0.29, 0.717) is 41.0 Å². The van der Waals surface area contributed by atoms with Gasteiger partial charge in [0.1, 0.15) is 23.4 Å². The fraction of sp³-hybridized carbons (Fsp3) is 0.292. The summed E-state index contributed by atoms with van der Waals surface area (Å²) >= 11 is 0. The van der Waals surface area contributed by atoms with Crippen LogP contribution in [0.1, 0.15) is 29.9 Å². The number of aryl methyl sites for hydroxylation is 1. The molecule has 1 heterocycles. The standard InChI is InChI=1S/C24H26N4O5/c1-5-32-21-10-16(14-25)6-7-20(21)33-15-22(29)27-23(24-26-8-9-28(24)2)17-11-18(30-3)13-19(12-17)31-4/h6-13,23H,5,15H2,1-4H3,(H,27,29)/t23-/m0/s1. The van der Waals surface area contributed by atoms with Gasteiger partial charge in [-0.3, -0.25) is 4.79 Å². The molecule has 0 saturated carbocycles. The van der Waals surface area contributed by atoms with E-state index in [1.165, 1.54) is 0 Å². The molecule has 0 bridgehead atoms. The van der Waals surface area contributed by atoms with E-state index in [1.807, 2.05) is 30.7 Å². The van der Waals surface area contributed by atoms with Crippen LogP contribution in [0.3, 0.4) is 0 Å². The summed E-state index contributed by atoms with van der Waals surface area (Å²) in [4.78, 5) is 17.3. The number of nitrogens with one attached hydrogen (secondary N) is 1. The lowest BCUT2D eigenvalue weighted by molar-refractivity contribution is -0.123. The van der Waals surface area contributed by atoms with Crippen LogP contribution in [0, 0.1) is 11.3 Å². The number of hydrogen-bond acceptors (Lipinski definition) is 7. The number of carbonyl (C=O) groups excluding carboxylic acids is 1. The first-order valence-corrected chi connectivity index (χ1v) is 10.3. The lowest BCUT2D eigenvalue weighted by atomic mass is 10.0. The van der Waals surface area contributed by atoms with E-state index in [2.05, 4.69) is 16.4 Å². The lowest BCUT2D eigenvalue weighted by Gasteiger charge is -2.21. The van der Waals surface area contributed by atoms with Gasteiger partial charge in [0.25, 0.3) is 5.91 Å². The zero-order chi connectivity index (χ0) is 23.8. The van der Waals surface area contributed by atoms with E-state index >= 15 is 0 Å². The maximum Gasteiger partial charge on any atom is 0.258 e. The second kappa shape index (κ2) is 10.9. The van der Waals surface area contributed by atoms with E-state index < -0.39 is 6.04 Å². The Labute approximate surface area is 192 Å². The molecule has 3 aromatic rings.